The Kier molecular flexibility index (Phi) is 6.53. The van der Waals surface area contributed by atoms with Crippen molar-refractivity contribution in [1.82, 2.24) is 9.80 Å². The van der Waals surface area contributed by atoms with Gasteiger partial charge in [-0.3, -0.25) is 0 Å². The van der Waals surface area contributed by atoms with E-state index in [1.807, 2.05) is 35.2 Å². The van der Waals surface area contributed by atoms with Gasteiger partial charge < -0.3 is 19.6 Å². The fourth-order valence-electron chi connectivity index (χ4n) is 5.33. The Morgan fingerprint density at radius 2 is 1.75 bits per heavy atom. The SMILES string of the molecule is O=C1OCC(CN2CCCCC2)N1C[C@H]1CCCC[C@@H]1C(O)c1ccccc1. The van der Waals surface area contributed by atoms with Crippen molar-refractivity contribution >= 4 is 6.09 Å². The van der Waals surface area contributed by atoms with Gasteiger partial charge in [-0.15, -0.1) is 0 Å². The van der Waals surface area contributed by atoms with E-state index in [9.17, 15) is 9.90 Å². The highest BCUT2D eigenvalue weighted by Crippen LogP contribution is 2.39. The third-order valence-corrected chi connectivity index (χ3v) is 6.94. The Morgan fingerprint density at radius 3 is 2.54 bits per heavy atom. The standard InChI is InChI=1S/C23H34N2O3/c26-22(18-9-3-1-4-10-18)21-12-6-5-11-19(21)15-25-20(17-28-23(25)27)16-24-13-7-2-8-14-24/h1,3-4,9-10,19-22,26H,2,5-8,11-17H2/t19-,20?,21+,22?/m1/s1. The zero-order chi connectivity index (χ0) is 19.3. The van der Waals surface area contributed by atoms with E-state index < -0.39 is 6.10 Å². The number of carbonyl (C=O) groups excluding carboxylic acids is 1. The number of cyclic esters (lactones) is 1. The fourth-order valence-corrected chi connectivity index (χ4v) is 5.33. The number of nitrogens with zero attached hydrogens (tertiary/aromatic N) is 2. The number of piperidine rings is 1. The van der Waals surface area contributed by atoms with Gasteiger partial charge in [-0.25, -0.2) is 4.79 Å². The number of aliphatic hydroxyl groups excluding tert-OH is 1. The summed E-state index contributed by atoms with van der Waals surface area (Å²) in [4.78, 5) is 16.9. The van der Waals surface area contributed by atoms with E-state index >= 15 is 0 Å². The molecule has 3 aliphatic rings. The molecule has 28 heavy (non-hydrogen) atoms. The summed E-state index contributed by atoms with van der Waals surface area (Å²) in [7, 11) is 0. The minimum atomic E-state index is -0.453. The zero-order valence-electron chi connectivity index (χ0n) is 16.8. The molecule has 1 aromatic carbocycles. The van der Waals surface area contributed by atoms with E-state index in [-0.39, 0.29) is 18.1 Å². The molecule has 1 amide bonds. The monoisotopic (exact) mass is 386 g/mol. The van der Waals surface area contributed by atoms with Gasteiger partial charge in [0, 0.05) is 13.1 Å². The first kappa shape index (κ1) is 19.7. The summed E-state index contributed by atoms with van der Waals surface area (Å²) in [5.74, 6) is 0.540. The maximum absolute atomic E-state index is 12.5. The van der Waals surface area contributed by atoms with Gasteiger partial charge in [0.25, 0.3) is 0 Å². The van der Waals surface area contributed by atoms with E-state index in [0.717, 1.165) is 44.5 Å². The van der Waals surface area contributed by atoms with Crippen LogP contribution < -0.4 is 0 Å². The maximum Gasteiger partial charge on any atom is 0.410 e. The van der Waals surface area contributed by atoms with Crippen molar-refractivity contribution in [2.24, 2.45) is 11.8 Å². The van der Waals surface area contributed by atoms with Crippen LogP contribution >= 0.6 is 0 Å². The first-order chi connectivity index (χ1) is 13.7. The highest BCUT2D eigenvalue weighted by molar-refractivity contribution is 5.70. The topological polar surface area (TPSA) is 53.0 Å². The van der Waals surface area contributed by atoms with Gasteiger partial charge in [0.2, 0.25) is 0 Å². The highest BCUT2D eigenvalue weighted by atomic mass is 16.6. The number of hydrogen-bond donors (Lipinski definition) is 1. The van der Waals surface area contributed by atoms with Gasteiger partial charge in [0.15, 0.2) is 0 Å². The van der Waals surface area contributed by atoms with Crippen molar-refractivity contribution in [2.45, 2.75) is 57.1 Å². The van der Waals surface area contributed by atoms with Crippen LogP contribution in [0.4, 0.5) is 4.79 Å². The number of benzene rings is 1. The predicted octanol–water partition coefficient (Wildman–Crippen LogP) is 3.83. The number of amides is 1. The van der Waals surface area contributed by atoms with E-state index in [0.29, 0.717) is 19.1 Å². The van der Waals surface area contributed by atoms with E-state index in [2.05, 4.69) is 4.90 Å². The van der Waals surface area contributed by atoms with Crippen molar-refractivity contribution in [1.29, 1.82) is 0 Å². The molecule has 3 fully saturated rings. The van der Waals surface area contributed by atoms with Gasteiger partial charge in [0.05, 0.1) is 12.1 Å². The quantitative estimate of drug-likeness (QED) is 0.807. The maximum atomic E-state index is 12.5. The predicted molar refractivity (Wildman–Crippen MR) is 109 cm³/mol. The molecule has 2 unspecified atom stereocenters. The number of likely N-dealkylation sites (tertiary alicyclic amines) is 1. The van der Waals surface area contributed by atoms with Crippen molar-refractivity contribution in [3.05, 3.63) is 35.9 Å². The molecule has 5 nitrogen and oxygen atoms in total. The van der Waals surface area contributed by atoms with Crippen LogP contribution in [-0.4, -0.2) is 59.8 Å². The van der Waals surface area contributed by atoms with Crippen LogP contribution in [0.25, 0.3) is 0 Å². The molecule has 1 aliphatic carbocycles. The summed E-state index contributed by atoms with van der Waals surface area (Å²) in [6.45, 7) is 4.42. The lowest BCUT2D eigenvalue weighted by Gasteiger charge is -2.38. The number of rotatable bonds is 6. The molecule has 1 aromatic rings. The smallest absolute Gasteiger partial charge is 0.410 e. The highest BCUT2D eigenvalue weighted by Gasteiger charge is 2.39. The Balaban J connectivity index is 1.42. The van der Waals surface area contributed by atoms with Crippen LogP contribution in [0.3, 0.4) is 0 Å². The van der Waals surface area contributed by atoms with Crippen LogP contribution in [0, 0.1) is 11.8 Å². The van der Waals surface area contributed by atoms with Crippen molar-refractivity contribution in [3.8, 4) is 0 Å². The Labute approximate surface area is 168 Å². The Hall–Kier alpha value is -1.59. The summed E-state index contributed by atoms with van der Waals surface area (Å²) < 4.78 is 5.44. The average molecular weight is 387 g/mol. The second-order valence-corrected chi connectivity index (χ2v) is 8.81. The fraction of sp³-hybridized carbons (Fsp3) is 0.696. The van der Waals surface area contributed by atoms with Gasteiger partial charge in [-0.05, 0) is 56.2 Å². The van der Waals surface area contributed by atoms with E-state index in [1.54, 1.807) is 0 Å². The van der Waals surface area contributed by atoms with Crippen LogP contribution in [-0.2, 0) is 4.74 Å². The second-order valence-electron chi connectivity index (χ2n) is 8.81. The van der Waals surface area contributed by atoms with Crippen LogP contribution in [0.1, 0.15) is 56.6 Å². The summed E-state index contributed by atoms with van der Waals surface area (Å²) in [5, 5.41) is 11.0. The minimum absolute atomic E-state index is 0.155. The molecule has 154 valence electrons. The normalized spacial score (nSPS) is 30.2. The van der Waals surface area contributed by atoms with Crippen molar-refractivity contribution in [2.75, 3.05) is 32.8 Å². The zero-order valence-corrected chi connectivity index (χ0v) is 16.8. The van der Waals surface area contributed by atoms with Crippen molar-refractivity contribution < 1.29 is 14.6 Å². The van der Waals surface area contributed by atoms with Crippen LogP contribution in [0.2, 0.25) is 0 Å². The molecule has 4 atom stereocenters. The third kappa shape index (κ3) is 4.52. The lowest BCUT2D eigenvalue weighted by Crippen LogP contribution is -2.47. The summed E-state index contributed by atoms with van der Waals surface area (Å²) >= 11 is 0. The summed E-state index contributed by atoms with van der Waals surface area (Å²) in [5.41, 5.74) is 0.994. The largest absolute Gasteiger partial charge is 0.447 e. The van der Waals surface area contributed by atoms with Gasteiger partial charge in [0.1, 0.15) is 6.61 Å². The summed E-state index contributed by atoms with van der Waals surface area (Å²) in [6, 6.07) is 10.1. The lowest BCUT2D eigenvalue weighted by molar-refractivity contribution is 0.0314. The summed E-state index contributed by atoms with van der Waals surface area (Å²) in [6.07, 6.45) is 7.67. The molecule has 0 bridgehead atoms. The van der Waals surface area contributed by atoms with Gasteiger partial charge in [-0.1, -0.05) is 49.6 Å². The molecule has 5 heteroatoms. The molecular formula is C23H34N2O3. The first-order valence-corrected chi connectivity index (χ1v) is 11.1. The number of ether oxygens (including phenoxy) is 1. The number of hydrogen-bond acceptors (Lipinski definition) is 4. The molecular weight excluding hydrogens is 352 g/mol. The minimum Gasteiger partial charge on any atom is -0.447 e. The van der Waals surface area contributed by atoms with E-state index in [4.69, 9.17) is 4.74 Å². The average Bonchev–Trinajstić information content (AvgIpc) is 3.08. The Bertz CT molecular complexity index is 632. The van der Waals surface area contributed by atoms with Gasteiger partial charge in [-0.2, -0.15) is 0 Å². The molecule has 4 rings (SSSR count). The molecule has 2 heterocycles. The van der Waals surface area contributed by atoms with Crippen LogP contribution in [0.5, 0.6) is 0 Å². The second kappa shape index (κ2) is 9.27. The molecule has 0 radical (unpaired) electrons. The van der Waals surface area contributed by atoms with Crippen LogP contribution in [0.15, 0.2) is 30.3 Å². The lowest BCUT2D eigenvalue weighted by atomic mass is 9.74. The van der Waals surface area contributed by atoms with E-state index in [1.165, 1.54) is 25.7 Å². The number of carbonyl (C=O) groups is 1. The molecule has 2 saturated heterocycles. The van der Waals surface area contributed by atoms with Gasteiger partial charge >= 0.3 is 6.09 Å². The third-order valence-electron chi connectivity index (χ3n) is 6.94. The molecule has 1 saturated carbocycles. The Morgan fingerprint density at radius 1 is 1.00 bits per heavy atom. The molecule has 1 N–H and O–H groups in total. The first-order valence-electron chi connectivity index (χ1n) is 11.1. The molecule has 0 spiro atoms. The number of aliphatic hydroxyl groups is 1. The van der Waals surface area contributed by atoms with Crippen molar-refractivity contribution in [3.63, 3.8) is 0 Å². The molecule has 0 aromatic heterocycles. The molecule has 2 aliphatic heterocycles.